The number of hydrogen-bond acceptors (Lipinski definition) is 9. The molecule has 0 spiro atoms. The third-order valence-electron chi connectivity index (χ3n) is 5.55. The molecule has 1 aromatic heterocycles. The zero-order valence-corrected chi connectivity index (χ0v) is 24.3. The number of aliphatic hydroxyl groups is 1. The molecule has 1 rings (SSSR count). The summed E-state index contributed by atoms with van der Waals surface area (Å²) in [5, 5.41) is 9.46. The molecule has 0 aliphatic heterocycles. The highest BCUT2D eigenvalue weighted by Crippen LogP contribution is 2.42. The fraction of sp³-hybridized carbons (Fsp3) is 0.833. The second kappa shape index (κ2) is 21.4. The fourth-order valence-electron chi connectivity index (χ4n) is 3.44. The van der Waals surface area contributed by atoms with E-state index in [1.54, 1.807) is 0 Å². The van der Waals surface area contributed by atoms with Gasteiger partial charge in [0.15, 0.2) is 0 Å². The Morgan fingerprint density at radius 1 is 1.03 bits per heavy atom. The minimum Gasteiger partial charge on any atom is -0.394 e. The van der Waals surface area contributed by atoms with Gasteiger partial charge < -0.3 is 25.0 Å². The van der Waals surface area contributed by atoms with Gasteiger partial charge in [0.1, 0.15) is 12.2 Å². The number of nitrogens with zero attached hydrogens (tertiary/aromatic N) is 2. The van der Waals surface area contributed by atoms with Gasteiger partial charge in [-0.05, 0) is 25.3 Å². The molecule has 0 saturated carbocycles. The lowest BCUT2D eigenvalue weighted by atomic mass is 10.1. The Kier molecular flexibility index (Phi) is 19.9. The number of anilines is 1. The molecule has 4 N–H and O–H groups in total. The Hall–Kier alpha value is -0.550. The van der Waals surface area contributed by atoms with Crippen LogP contribution in [0.15, 0.2) is 17.1 Å². The van der Waals surface area contributed by atoms with Gasteiger partial charge in [0.2, 0.25) is 0 Å². The molecule has 12 heteroatoms. The maximum Gasteiger partial charge on any atom is 0.353 e. The van der Waals surface area contributed by atoms with E-state index >= 15 is 0 Å². The summed E-state index contributed by atoms with van der Waals surface area (Å²) in [4.78, 5) is 25.3. The van der Waals surface area contributed by atoms with Gasteiger partial charge in [-0.2, -0.15) is 4.98 Å². The summed E-state index contributed by atoms with van der Waals surface area (Å²) < 4.78 is 23.8. The van der Waals surface area contributed by atoms with E-state index in [0.717, 1.165) is 25.0 Å². The molecule has 1 heterocycles. The van der Waals surface area contributed by atoms with Crippen molar-refractivity contribution >= 4 is 35.0 Å². The van der Waals surface area contributed by atoms with E-state index in [0.29, 0.717) is 6.42 Å². The number of hydrogen-bond donors (Lipinski definition) is 3. The molecule has 1 unspecified atom stereocenters. The second-order valence-electron chi connectivity index (χ2n) is 8.89. The Bertz CT molecular complexity index is 786. The summed E-state index contributed by atoms with van der Waals surface area (Å²) in [5.74, 6) is 2.45. The van der Waals surface area contributed by atoms with Crippen LogP contribution in [-0.4, -0.2) is 56.7 Å². The molecule has 0 aliphatic rings. The van der Waals surface area contributed by atoms with Gasteiger partial charge in [-0.15, -0.1) is 0 Å². The molecule has 2 atom stereocenters. The molecule has 0 fully saturated rings. The third-order valence-corrected chi connectivity index (χ3v) is 9.19. The van der Waals surface area contributed by atoms with Gasteiger partial charge in [-0.3, -0.25) is 9.13 Å². The van der Waals surface area contributed by atoms with Gasteiger partial charge >= 0.3 is 13.3 Å². The van der Waals surface area contributed by atoms with Crippen LogP contribution in [0.5, 0.6) is 0 Å². The highest BCUT2D eigenvalue weighted by Gasteiger charge is 2.22. The zero-order valence-electron chi connectivity index (χ0n) is 21.7. The van der Waals surface area contributed by atoms with Crippen LogP contribution in [0, 0.1) is 0 Å². The minimum absolute atomic E-state index is 0.0158. The fourth-order valence-corrected chi connectivity index (χ4v) is 6.62. The number of aliphatic hydroxyl groups excluding tert-OH is 1. The molecule has 0 aliphatic carbocycles. The van der Waals surface area contributed by atoms with E-state index in [4.69, 9.17) is 15.0 Å². The van der Waals surface area contributed by atoms with E-state index in [1.807, 2.05) is 21.6 Å². The standard InChI is InChI=1S/C24H46N3O6PS2/c1-2-3-4-5-6-7-9-12-17-35-36-18-13-10-8-11-16-33-34(30,31)21-32-22(20-28)19-27-15-14-23(25)26-24(27)29/h14-15,22,28H,2-13,16-21H2,1H3,(H,30,31)(H2,25,26,29)/t22-/m0/s1. The number of ether oxygens (including phenoxy) is 1. The molecule has 210 valence electrons. The van der Waals surface area contributed by atoms with E-state index < -0.39 is 32.3 Å². The van der Waals surface area contributed by atoms with Crippen molar-refractivity contribution in [1.82, 2.24) is 9.55 Å². The van der Waals surface area contributed by atoms with Crippen molar-refractivity contribution in [3.63, 3.8) is 0 Å². The van der Waals surface area contributed by atoms with Crippen molar-refractivity contribution in [2.24, 2.45) is 0 Å². The van der Waals surface area contributed by atoms with Crippen LogP contribution >= 0.6 is 29.2 Å². The van der Waals surface area contributed by atoms with Crippen molar-refractivity contribution in [3.05, 3.63) is 22.7 Å². The van der Waals surface area contributed by atoms with Crippen LogP contribution in [-0.2, 0) is 20.4 Å². The number of nitrogen functional groups attached to an aromatic ring is 1. The van der Waals surface area contributed by atoms with E-state index in [2.05, 4.69) is 11.9 Å². The Morgan fingerprint density at radius 3 is 2.19 bits per heavy atom. The lowest BCUT2D eigenvalue weighted by molar-refractivity contribution is 0.0167. The average molecular weight is 568 g/mol. The Morgan fingerprint density at radius 2 is 1.61 bits per heavy atom. The number of nitrogens with two attached hydrogens (primary N) is 1. The van der Waals surface area contributed by atoms with Gasteiger partial charge in [0.05, 0.1) is 25.9 Å². The monoisotopic (exact) mass is 567 g/mol. The van der Waals surface area contributed by atoms with Crippen LogP contribution < -0.4 is 11.4 Å². The van der Waals surface area contributed by atoms with Crippen molar-refractivity contribution in [3.8, 4) is 0 Å². The molecule has 1 aromatic rings. The summed E-state index contributed by atoms with van der Waals surface area (Å²) in [6.45, 7) is 2.00. The van der Waals surface area contributed by atoms with Crippen molar-refractivity contribution < 1.29 is 23.8 Å². The molecular formula is C24H46N3O6PS2. The lowest BCUT2D eigenvalue weighted by Crippen LogP contribution is -2.32. The van der Waals surface area contributed by atoms with Crippen LogP contribution in [0.1, 0.15) is 84.0 Å². The predicted molar refractivity (Wildman–Crippen MR) is 152 cm³/mol. The minimum atomic E-state index is -3.94. The van der Waals surface area contributed by atoms with E-state index in [1.165, 1.54) is 73.9 Å². The largest absolute Gasteiger partial charge is 0.394 e. The lowest BCUT2D eigenvalue weighted by Gasteiger charge is -2.19. The second-order valence-corrected chi connectivity index (χ2v) is 13.4. The van der Waals surface area contributed by atoms with Crippen molar-refractivity contribution in [2.45, 2.75) is 96.6 Å². The molecular weight excluding hydrogens is 521 g/mol. The molecule has 0 saturated heterocycles. The molecule has 0 aromatic carbocycles. The summed E-state index contributed by atoms with van der Waals surface area (Å²) in [6, 6.07) is 1.45. The molecule has 0 radical (unpaired) electrons. The van der Waals surface area contributed by atoms with E-state index in [9.17, 15) is 19.4 Å². The topological polar surface area (TPSA) is 137 Å². The summed E-state index contributed by atoms with van der Waals surface area (Å²) in [5.41, 5.74) is 4.87. The van der Waals surface area contributed by atoms with Gasteiger partial charge in [0.25, 0.3) is 0 Å². The smallest absolute Gasteiger partial charge is 0.353 e. The molecule has 0 amide bonds. The SMILES string of the molecule is CCCCCCCCCCSSCCCCCCOP(=O)(O)CO[C@H](CO)Cn1ccc(N)nc1=O. The van der Waals surface area contributed by atoms with Crippen LogP contribution in [0.25, 0.3) is 0 Å². The first-order valence-electron chi connectivity index (χ1n) is 13.1. The maximum atomic E-state index is 12.2. The molecule has 9 nitrogen and oxygen atoms in total. The highest BCUT2D eigenvalue weighted by molar-refractivity contribution is 8.76. The van der Waals surface area contributed by atoms with Crippen LogP contribution in [0.2, 0.25) is 0 Å². The van der Waals surface area contributed by atoms with Crippen molar-refractivity contribution in [1.29, 1.82) is 0 Å². The predicted octanol–water partition coefficient (Wildman–Crippen LogP) is 5.45. The Balaban J connectivity index is 1.99. The quantitative estimate of drug-likeness (QED) is 0.0840. The maximum absolute atomic E-state index is 12.2. The molecule has 36 heavy (non-hydrogen) atoms. The normalized spacial score (nSPS) is 14.1. The first kappa shape index (κ1) is 33.5. The van der Waals surface area contributed by atoms with Crippen LogP contribution in [0.4, 0.5) is 5.82 Å². The van der Waals surface area contributed by atoms with Crippen molar-refractivity contribution in [2.75, 3.05) is 36.8 Å². The number of unbranched alkanes of at least 4 members (excludes halogenated alkanes) is 10. The van der Waals surface area contributed by atoms with Gasteiger partial charge in [-0.1, -0.05) is 86.3 Å². The first-order chi connectivity index (χ1) is 17.4. The Labute approximate surface area is 224 Å². The zero-order chi connectivity index (χ0) is 26.5. The van der Waals surface area contributed by atoms with Gasteiger partial charge in [0, 0.05) is 17.7 Å². The van der Waals surface area contributed by atoms with Gasteiger partial charge in [-0.25, -0.2) is 4.79 Å². The third kappa shape index (κ3) is 17.8. The first-order valence-corrected chi connectivity index (χ1v) is 17.4. The molecule has 0 bridgehead atoms. The van der Waals surface area contributed by atoms with Crippen LogP contribution in [0.3, 0.4) is 0 Å². The highest BCUT2D eigenvalue weighted by atomic mass is 33.1. The summed E-state index contributed by atoms with van der Waals surface area (Å²) in [6.07, 6.45) is 14.8. The average Bonchev–Trinajstić information content (AvgIpc) is 2.85. The number of aromatic nitrogens is 2. The summed E-state index contributed by atoms with van der Waals surface area (Å²) in [7, 11) is -0.0249. The van der Waals surface area contributed by atoms with E-state index in [-0.39, 0.29) is 19.0 Å². The number of rotatable bonds is 24. The summed E-state index contributed by atoms with van der Waals surface area (Å²) >= 11 is 0.